The van der Waals surface area contributed by atoms with Crippen molar-refractivity contribution in [2.45, 2.75) is 39.2 Å². The molecular formula is C15H19N5O4. The van der Waals surface area contributed by atoms with E-state index in [0.29, 0.717) is 30.7 Å². The maximum absolute atomic E-state index is 11.9. The van der Waals surface area contributed by atoms with E-state index < -0.39 is 0 Å². The van der Waals surface area contributed by atoms with E-state index >= 15 is 0 Å². The van der Waals surface area contributed by atoms with Crippen molar-refractivity contribution in [2.24, 2.45) is 0 Å². The van der Waals surface area contributed by atoms with Crippen LogP contribution < -0.4 is 5.32 Å². The first kappa shape index (κ1) is 16.2. The summed E-state index contributed by atoms with van der Waals surface area (Å²) in [7, 11) is 0. The Labute approximate surface area is 138 Å². The number of carbonyl (C=O) groups excluding carboxylic acids is 2. The second kappa shape index (κ2) is 6.81. The van der Waals surface area contributed by atoms with Crippen molar-refractivity contribution >= 4 is 11.8 Å². The van der Waals surface area contributed by atoms with Crippen LogP contribution in [0.2, 0.25) is 0 Å². The minimum atomic E-state index is -0.360. The fraction of sp³-hybridized carbons (Fsp3) is 0.533. The number of nitrogens with zero attached hydrogens (tertiary/aromatic N) is 4. The van der Waals surface area contributed by atoms with Gasteiger partial charge in [-0.25, -0.2) is 4.98 Å². The molecule has 1 N–H and O–H groups in total. The fourth-order valence-corrected chi connectivity index (χ4v) is 2.67. The molecule has 2 aromatic heterocycles. The normalized spacial score (nSPS) is 15.5. The molecule has 0 atom stereocenters. The van der Waals surface area contributed by atoms with Gasteiger partial charge in [0.2, 0.25) is 11.8 Å². The average molecular weight is 333 g/mol. The number of piperidine rings is 1. The topological polar surface area (TPSA) is 114 Å². The van der Waals surface area contributed by atoms with E-state index in [1.54, 1.807) is 13.8 Å². The molecule has 0 spiro atoms. The van der Waals surface area contributed by atoms with Gasteiger partial charge < -0.3 is 19.2 Å². The van der Waals surface area contributed by atoms with Crippen LogP contribution in [0.3, 0.4) is 0 Å². The van der Waals surface area contributed by atoms with Crippen LogP contribution in [0.4, 0.5) is 0 Å². The Morgan fingerprint density at radius 3 is 2.71 bits per heavy atom. The number of oxazole rings is 1. The molecule has 1 fully saturated rings. The first-order valence-electron chi connectivity index (χ1n) is 7.81. The molecule has 0 unspecified atom stereocenters. The lowest BCUT2D eigenvalue weighted by Gasteiger charge is -2.29. The highest BCUT2D eigenvalue weighted by Gasteiger charge is 2.25. The maximum Gasteiger partial charge on any atom is 0.273 e. The van der Waals surface area contributed by atoms with E-state index in [1.165, 1.54) is 6.26 Å². The van der Waals surface area contributed by atoms with Crippen LogP contribution in [0.25, 0.3) is 0 Å². The summed E-state index contributed by atoms with van der Waals surface area (Å²) in [5.74, 6) is 1.30. The van der Waals surface area contributed by atoms with Gasteiger partial charge in [0.25, 0.3) is 5.91 Å². The van der Waals surface area contributed by atoms with E-state index in [0.717, 1.165) is 12.8 Å². The molecule has 1 saturated heterocycles. The first-order chi connectivity index (χ1) is 11.5. The van der Waals surface area contributed by atoms with Crippen molar-refractivity contribution in [3.63, 3.8) is 0 Å². The molecule has 2 aromatic rings. The Balaban J connectivity index is 1.52. The summed E-state index contributed by atoms with van der Waals surface area (Å²) in [5.41, 5.74) is 0.212. The fourth-order valence-electron chi connectivity index (χ4n) is 2.67. The van der Waals surface area contributed by atoms with Gasteiger partial charge in [0.1, 0.15) is 6.26 Å². The van der Waals surface area contributed by atoms with Gasteiger partial charge in [0.05, 0.1) is 6.54 Å². The molecule has 0 aromatic carbocycles. The van der Waals surface area contributed by atoms with E-state index in [1.807, 2.05) is 4.90 Å². The number of hydrogen-bond donors (Lipinski definition) is 1. The molecule has 0 radical (unpaired) electrons. The Kier molecular flexibility index (Phi) is 4.59. The third kappa shape index (κ3) is 3.61. The molecule has 1 aliphatic heterocycles. The van der Waals surface area contributed by atoms with E-state index in [2.05, 4.69) is 20.4 Å². The van der Waals surface area contributed by atoms with Crippen LogP contribution in [0.15, 0.2) is 15.2 Å². The van der Waals surface area contributed by atoms with Gasteiger partial charge in [0, 0.05) is 32.9 Å². The third-order valence-electron chi connectivity index (χ3n) is 4.04. The van der Waals surface area contributed by atoms with E-state index in [9.17, 15) is 9.59 Å². The highest BCUT2D eigenvalue weighted by atomic mass is 16.5. The van der Waals surface area contributed by atoms with Gasteiger partial charge in [-0.1, -0.05) is 5.16 Å². The Morgan fingerprint density at radius 2 is 2.08 bits per heavy atom. The summed E-state index contributed by atoms with van der Waals surface area (Å²) < 4.78 is 10.2. The van der Waals surface area contributed by atoms with Crippen LogP contribution in [-0.2, 0) is 11.3 Å². The van der Waals surface area contributed by atoms with Crippen molar-refractivity contribution < 1.29 is 18.5 Å². The van der Waals surface area contributed by atoms with Crippen LogP contribution in [0, 0.1) is 6.92 Å². The zero-order valence-electron chi connectivity index (χ0n) is 13.6. The van der Waals surface area contributed by atoms with E-state index in [-0.39, 0.29) is 30.0 Å². The highest BCUT2D eigenvalue weighted by molar-refractivity contribution is 5.91. The lowest BCUT2D eigenvalue weighted by Crippen LogP contribution is -2.36. The zero-order valence-corrected chi connectivity index (χ0v) is 13.6. The number of carbonyl (C=O) groups is 2. The number of aromatic nitrogens is 3. The van der Waals surface area contributed by atoms with Gasteiger partial charge in [-0.05, 0) is 12.8 Å². The molecule has 24 heavy (non-hydrogen) atoms. The molecule has 0 aliphatic carbocycles. The quantitative estimate of drug-likeness (QED) is 0.888. The minimum absolute atomic E-state index is 0.0908. The number of aryl methyl sites for hydroxylation is 1. The van der Waals surface area contributed by atoms with E-state index in [4.69, 9.17) is 8.94 Å². The van der Waals surface area contributed by atoms with Crippen molar-refractivity contribution in [1.82, 2.24) is 25.3 Å². The molecule has 0 bridgehead atoms. The molecule has 3 heterocycles. The highest BCUT2D eigenvalue weighted by Crippen LogP contribution is 2.25. The Morgan fingerprint density at radius 1 is 1.33 bits per heavy atom. The molecule has 9 heteroatoms. The van der Waals surface area contributed by atoms with Gasteiger partial charge in [0.15, 0.2) is 17.4 Å². The summed E-state index contributed by atoms with van der Waals surface area (Å²) in [4.78, 5) is 33.3. The lowest BCUT2D eigenvalue weighted by molar-refractivity contribution is -0.129. The number of nitrogens with one attached hydrogen (secondary N) is 1. The van der Waals surface area contributed by atoms with Crippen LogP contribution in [0.1, 0.15) is 53.8 Å². The smallest absolute Gasteiger partial charge is 0.273 e. The molecule has 2 amide bonds. The van der Waals surface area contributed by atoms with Crippen molar-refractivity contribution in [3.05, 3.63) is 29.6 Å². The summed E-state index contributed by atoms with van der Waals surface area (Å²) in [5, 5.41) is 6.65. The van der Waals surface area contributed by atoms with Gasteiger partial charge in [-0.2, -0.15) is 4.98 Å². The van der Waals surface area contributed by atoms with Crippen LogP contribution >= 0.6 is 0 Å². The Hall–Kier alpha value is -2.71. The number of rotatable bonds is 4. The molecule has 1 aliphatic rings. The van der Waals surface area contributed by atoms with Crippen molar-refractivity contribution in [2.75, 3.05) is 13.1 Å². The van der Waals surface area contributed by atoms with Crippen molar-refractivity contribution in [3.8, 4) is 0 Å². The first-order valence-corrected chi connectivity index (χ1v) is 7.81. The van der Waals surface area contributed by atoms with Gasteiger partial charge in [-0.15, -0.1) is 0 Å². The minimum Gasteiger partial charge on any atom is -0.448 e. The predicted octanol–water partition coefficient (Wildman–Crippen LogP) is 1.02. The number of likely N-dealkylation sites (tertiary alicyclic amines) is 1. The molecule has 9 nitrogen and oxygen atoms in total. The summed E-state index contributed by atoms with van der Waals surface area (Å²) in [6.07, 6.45) is 2.92. The molecule has 128 valence electrons. The lowest BCUT2D eigenvalue weighted by atomic mass is 9.96. The summed E-state index contributed by atoms with van der Waals surface area (Å²) >= 11 is 0. The standard InChI is InChI=1S/C15H19N5O4/c1-9-17-12(8-23-9)15(22)16-7-13-18-14(19-24-13)11-3-5-20(6-4-11)10(2)21/h8,11H,3-7H2,1-2H3,(H,16,22). The third-order valence-corrected chi connectivity index (χ3v) is 4.04. The van der Waals surface area contributed by atoms with Crippen LogP contribution in [-0.4, -0.2) is 44.9 Å². The average Bonchev–Trinajstić information content (AvgIpc) is 3.22. The maximum atomic E-state index is 11.9. The Bertz CT molecular complexity index is 730. The second-order valence-electron chi connectivity index (χ2n) is 5.76. The number of hydrogen-bond acceptors (Lipinski definition) is 7. The monoisotopic (exact) mass is 333 g/mol. The SMILES string of the molecule is CC(=O)N1CCC(c2noc(CNC(=O)c3coc(C)n3)n2)CC1. The summed E-state index contributed by atoms with van der Waals surface area (Å²) in [6.45, 7) is 4.77. The molecule has 3 rings (SSSR count). The van der Waals surface area contributed by atoms with Gasteiger partial charge >= 0.3 is 0 Å². The molecule has 0 saturated carbocycles. The molecular weight excluding hydrogens is 314 g/mol. The second-order valence-corrected chi connectivity index (χ2v) is 5.76. The van der Waals surface area contributed by atoms with Crippen molar-refractivity contribution in [1.29, 1.82) is 0 Å². The predicted molar refractivity (Wildman–Crippen MR) is 80.9 cm³/mol. The number of amides is 2. The zero-order chi connectivity index (χ0) is 17.1. The van der Waals surface area contributed by atoms with Crippen LogP contribution in [0.5, 0.6) is 0 Å². The largest absolute Gasteiger partial charge is 0.448 e. The van der Waals surface area contributed by atoms with Gasteiger partial charge in [-0.3, -0.25) is 9.59 Å². The summed E-state index contributed by atoms with van der Waals surface area (Å²) in [6, 6.07) is 0.